The quantitative estimate of drug-likeness (QED) is 0.0522. The van der Waals surface area contributed by atoms with Crippen molar-refractivity contribution in [3.63, 3.8) is 0 Å². The fourth-order valence-electron chi connectivity index (χ4n) is 14.1. The molecular weight excluding hydrogens is 1060 g/mol. The van der Waals surface area contributed by atoms with Gasteiger partial charge in [-0.2, -0.15) is 0 Å². The van der Waals surface area contributed by atoms with Crippen molar-refractivity contribution in [3.8, 4) is 11.1 Å². The monoisotopic (exact) mass is 1150 g/mol. The van der Waals surface area contributed by atoms with Crippen LogP contribution in [0, 0.1) is 35.2 Å². The summed E-state index contributed by atoms with van der Waals surface area (Å²) in [5, 5.41) is 5.16. The second kappa shape index (κ2) is 28.3. The van der Waals surface area contributed by atoms with E-state index in [1.54, 1.807) is 18.2 Å². The van der Waals surface area contributed by atoms with E-state index >= 15 is 13.2 Å². The first-order valence-corrected chi connectivity index (χ1v) is 30.2. The van der Waals surface area contributed by atoms with Crippen LogP contribution in [0.3, 0.4) is 0 Å². The highest BCUT2D eigenvalue weighted by molar-refractivity contribution is 5.87. The minimum atomic E-state index is -0.745. The molecule has 83 heavy (non-hydrogen) atoms. The average Bonchev–Trinajstić information content (AvgIpc) is 4.29. The van der Waals surface area contributed by atoms with E-state index in [1.165, 1.54) is 46.0 Å². The number of benzene rings is 3. The molecule has 5 aliphatic rings. The number of amides is 3. The van der Waals surface area contributed by atoms with Crippen LogP contribution in [0.1, 0.15) is 184 Å². The van der Waals surface area contributed by atoms with Crippen molar-refractivity contribution in [2.24, 2.45) is 17.8 Å². The maximum atomic E-state index is 16.7. The van der Waals surface area contributed by atoms with Gasteiger partial charge in [-0.25, -0.2) is 32.7 Å². The summed E-state index contributed by atoms with van der Waals surface area (Å²) < 4.78 is 68.3. The van der Waals surface area contributed by atoms with Gasteiger partial charge >= 0.3 is 12.2 Å². The number of ether oxygens (including phenoxy) is 2. The van der Waals surface area contributed by atoms with E-state index in [4.69, 9.17) is 14.7 Å². The number of hydrogen-bond donors (Lipinski definition) is 4. The van der Waals surface area contributed by atoms with Gasteiger partial charge in [0.05, 0.1) is 61.6 Å². The standard InChI is InChI=1S/C57H70F3N7O3.C7H13NO3.CH3F/c1-7-13-33-23-39(41-28-47-49(30-44(41)60)64-55(62-47)53-26-36-16-10-12-18-51(36)67(53)56(68)45(14-8-2)65-57(69)70-6)37(42(58)24-33)20-19-34-21-31(3)32(4)38(22-34)40-27-46-48(29-43(40)59)63-54(61-46)52-25-35-15-9-11-17-50(35)66(52)5;1-3-4-6(5-9)8-7(10)11-2;1-2/h21-24,27-30,32,35-36,38,45,50-53H,7-20,25-26H2,1-6H3,(H,61,63)(H,62,64)(H,65,69);5-6H,3-4H2,1-2H3,(H,8,10);1H3. The van der Waals surface area contributed by atoms with Crippen LogP contribution in [0.4, 0.5) is 27.2 Å². The molecule has 0 radical (unpaired) electrons. The first kappa shape index (κ1) is 62.5. The molecule has 14 nitrogen and oxygen atoms in total. The number of allylic oxidation sites excluding steroid dienone is 4. The minimum Gasteiger partial charge on any atom is -0.453 e. The molecule has 3 aromatic carbocycles. The zero-order valence-electron chi connectivity index (χ0n) is 49.9. The normalized spacial score (nSPS) is 23.8. The molecule has 4 N–H and O–H groups in total. The number of aldehydes is 1. The van der Waals surface area contributed by atoms with Gasteiger partial charge in [-0.05, 0) is 143 Å². The van der Waals surface area contributed by atoms with Crippen LogP contribution >= 0.6 is 0 Å². The number of aromatic nitrogens is 4. The molecule has 3 amide bonds. The lowest BCUT2D eigenvalue weighted by Gasteiger charge is -2.35. The molecule has 450 valence electrons. The van der Waals surface area contributed by atoms with Gasteiger partial charge in [0.25, 0.3) is 0 Å². The number of fused-ring (bicyclic) bond motifs is 4. The zero-order chi connectivity index (χ0) is 59.6. The van der Waals surface area contributed by atoms with Gasteiger partial charge in [-0.1, -0.05) is 102 Å². The molecule has 2 saturated carbocycles. The lowest BCUT2D eigenvalue weighted by molar-refractivity contribution is -0.137. The summed E-state index contributed by atoms with van der Waals surface area (Å²) in [5.41, 5.74) is 7.19. The Morgan fingerprint density at radius 3 is 1.99 bits per heavy atom. The number of carbonyl (C=O) groups excluding carboxylic acids is 4. The molecule has 10 atom stereocenters. The number of aryl methyl sites for hydroxylation is 1. The number of alkyl halides is 1. The number of nitrogens with one attached hydrogen (secondary N) is 4. The summed E-state index contributed by atoms with van der Waals surface area (Å²) in [6.07, 6.45) is 19.5. The SMILES string of the molecule is CCCC(C=O)NC(=O)OC.CCCc1cc(F)c(CCC2=CC(c3cc4[nH]c(C5CC6CCCCC6N5C)nc4cc3F)C(C)C(C)=C2)c(-c2cc3nc(C4CC5CCCCC5N4C(=O)C(CCC)NC(=O)OC)[nH]c3cc2F)c1.CF. The van der Waals surface area contributed by atoms with Gasteiger partial charge in [-0.3, -0.25) is 14.1 Å². The summed E-state index contributed by atoms with van der Waals surface area (Å²) in [5.74, 6) is 0.928. The van der Waals surface area contributed by atoms with E-state index in [-0.39, 0.29) is 59.0 Å². The number of nitrogens with zero attached hydrogens (tertiary/aromatic N) is 4. The van der Waals surface area contributed by atoms with Crippen molar-refractivity contribution < 1.29 is 46.2 Å². The van der Waals surface area contributed by atoms with E-state index in [0.717, 1.165) is 73.0 Å². The first-order valence-electron chi connectivity index (χ1n) is 30.2. The number of rotatable bonds is 17. The number of carbonyl (C=O) groups is 4. The summed E-state index contributed by atoms with van der Waals surface area (Å²) >= 11 is 0. The van der Waals surface area contributed by atoms with E-state index in [9.17, 15) is 23.6 Å². The fraction of sp³-hybridized carbons (Fsp3) is 0.569. The Morgan fingerprint density at radius 1 is 0.723 bits per heavy atom. The molecule has 2 aliphatic heterocycles. The van der Waals surface area contributed by atoms with Crippen molar-refractivity contribution in [3.05, 3.63) is 105 Å². The summed E-state index contributed by atoms with van der Waals surface area (Å²) in [4.78, 5) is 69.1. The highest BCUT2D eigenvalue weighted by Gasteiger charge is 2.48. The van der Waals surface area contributed by atoms with Crippen molar-refractivity contribution in [1.29, 1.82) is 0 Å². The van der Waals surface area contributed by atoms with Crippen molar-refractivity contribution >= 4 is 46.4 Å². The predicted octanol–water partition coefficient (Wildman–Crippen LogP) is 14.3. The molecule has 2 aromatic heterocycles. The third-order valence-corrected chi connectivity index (χ3v) is 18.4. The number of aromatic amines is 2. The molecule has 3 aliphatic carbocycles. The van der Waals surface area contributed by atoms with Crippen LogP contribution in [0.25, 0.3) is 33.2 Å². The minimum absolute atomic E-state index is 0.00863. The molecule has 4 fully saturated rings. The second-order valence-corrected chi connectivity index (χ2v) is 23.6. The molecule has 4 heterocycles. The van der Waals surface area contributed by atoms with Gasteiger partial charge < -0.3 is 39.8 Å². The smallest absolute Gasteiger partial charge is 0.407 e. The Hall–Kier alpha value is -6.56. The fourth-order valence-corrected chi connectivity index (χ4v) is 14.1. The number of halogens is 4. The van der Waals surface area contributed by atoms with Gasteiger partial charge in [-0.15, -0.1) is 0 Å². The highest BCUT2D eigenvalue weighted by atomic mass is 19.1. The largest absolute Gasteiger partial charge is 0.453 e. The van der Waals surface area contributed by atoms with Crippen LogP contribution in [-0.4, -0.2) is 107 Å². The molecular formula is C65H86F4N8O6. The number of H-pyrrole nitrogens is 2. The van der Waals surface area contributed by atoms with Gasteiger partial charge in [0.15, 0.2) is 0 Å². The first-order chi connectivity index (χ1) is 40.1. The van der Waals surface area contributed by atoms with Crippen LogP contribution in [0.2, 0.25) is 0 Å². The average molecular weight is 1150 g/mol. The number of imidazole rings is 2. The number of likely N-dealkylation sites (tertiary alicyclic amines) is 2. The number of alkyl carbamates (subject to hydrolysis) is 2. The van der Waals surface area contributed by atoms with E-state index in [2.05, 4.69) is 63.3 Å². The van der Waals surface area contributed by atoms with Crippen molar-refractivity contribution in [2.45, 2.75) is 192 Å². The zero-order valence-corrected chi connectivity index (χ0v) is 49.9. The molecule has 10 unspecified atom stereocenters. The van der Waals surface area contributed by atoms with Gasteiger partial charge in [0.2, 0.25) is 5.91 Å². The number of methoxy groups -OCH3 is 2. The lowest BCUT2D eigenvalue weighted by atomic mass is 9.76. The Balaban J connectivity index is 0.000000623. The molecule has 2 saturated heterocycles. The van der Waals surface area contributed by atoms with Gasteiger partial charge in [0.1, 0.15) is 41.4 Å². The van der Waals surface area contributed by atoms with E-state index < -0.39 is 30.1 Å². The summed E-state index contributed by atoms with van der Waals surface area (Å²) in [7, 11) is 5.27. The Kier molecular flexibility index (Phi) is 21.3. The van der Waals surface area contributed by atoms with Crippen molar-refractivity contribution in [2.75, 3.05) is 28.4 Å². The Bertz CT molecular complexity index is 3160. The molecule has 0 bridgehead atoms. The van der Waals surface area contributed by atoms with Crippen LogP contribution in [0.5, 0.6) is 0 Å². The van der Waals surface area contributed by atoms with Crippen LogP contribution < -0.4 is 10.6 Å². The maximum absolute atomic E-state index is 16.7. The van der Waals surface area contributed by atoms with E-state index in [1.807, 2.05) is 37.8 Å². The summed E-state index contributed by atoms with van der Waals surface area (Å²) in [6.45, 7) is 10.2. The Labute approximate surface area is 486 Å². The maximum Gasteiger partial charge on any atom is 0.407 e. The third kappa shape index (κ3) is 13.8. The van der Waals surface area contributed by atoms with Crippen molar-refractivity contribution in [1.82, 2.24) is 40.4 Å². The molecule has 0 spiro atoms. The lowest BCUT2D eigenvalue weighted by Crippen LogP contribution is -2.51. The third-order valence-electron chi connectivity index (χ3n) is 18.4. The Morgan fingerprint density at radius 2 is 1.34 bits per heavy atom. The van der Waals surface area contributed by atoms with Gasteiger partial charge in [0, 0.05) is 35.7 Å². The highest BCUT2D eigenvalue weighted by Crippen LogP contribution is 2.48. The topological polar surface area (TPSA) is 175 Å². The molecule has 5 aromatic rings. The van der Waals surface area contributed by atoms with Crippen LogP contribution in [-0.2, 0) is 31.9 Å². The molecule has 18 heteroatoms. The molecule has 10 rings (SSSR count). The summed E-state index contributed by atoms with van der Waals surface area (Å²) in [6, 6.07) is 9.42. The van der Waals surface area contributed by atoms with Crippen LogP contribution in [0.15, 0.2) is 59.7 Å². The predicted molar refractivity (Wildman–Crippen MR) is 316 cm³/mol. The number of hydrogen-bond acceptors (Lipinski definition) is 9. The second-order valence-electron chi connectivity index (χ2n) is 23.6. The van der Waals surface area contributed by atoms with E-state index in [0.29, 0.717) is 109 Å².